The highest BCUT2D eigenvalue weighted by molar-refractivity contribution is 7.16. The third-order valence-electron chi connectivity index (χ3n) is 2.82. The van der Waals surface area contributed by atoms with Crippen LogP contribution in [0.5, 0.6) is 5.75 Å². The Morgan fingerprint density at radius 1 is 1.33 bits per heavy atom. The second-order valence-electron chi connectivity index (χ2n) is 3.83. The molecule has 1 aromatic carbocycles. The Hall–Kier alpha value is -1.99. The lowest BCUT2D eigenvalue weighted by Crippen LogP contribution is -1.88. The minimum Gasteiger partial charge on any atom is -0.497 e. The van der Waals surface area contributed by atoms with Gasteiger partial charge in [-0.25, -0.2) is 0 Å². The first kappa shape index (κ1) is 12.5. The third kappa shape index (κ3) is 2.05. The molecule has 4 heteroatoms. The highest BCUT2D eigenvalue weighted by atomic mass is 32.1. The molecule has 0 aliphatic carbocycles. The fraction of sp³-hybridized carbons (Fsp3) is 0.214. The van der Waals surface area contributed by atoms with Gasteiger partial charge in [0.15, 0.2) is 0 Å². The van der Waals surface area contributed by atoms with Crippen LogP contribution in [0, 0.1) is 11.3 Å². The van der Waals surface area contributed by atoms with E-state index in [0.29, 0.717) is 10.6 Å². The van der Waals surface area contributed by atoms with Crippen molar-refractivity contribution < 1.29 is 4.74 Å². The number of hydrogen-bond donors (Lipinski definition) is 1. The number of nitrogens with two attached hydrogens (primary N) is 1. The Labute approximate surface area is 110 Å². The van der Waals surface area contributed by atoms with Gasteiger partial charge in [-0.2, -0.15) is 5.26 Å². The minimum atomic E-state index is 0.585. The number of benzene rings is 1. The molecule has 2 rings (SSSR count). The first-order chi connectivity index (χ1) is 8.71. The number of rotatable bonds is 3. The lowest BCUT2D eigenvalue weighted by Gasteiger charge is -2.05. The zero-order chi connectivity index (χ0) is 13.1. The van der Waals surface area contributed by atoms with Gasteiger partial charge in [0.2, 0.25) is 0 Å². The lowest BCUT2D eigenvalue weighted by atomic mass is 10.0. The van der Waals surface area contributed by atoms with Crippen LogP contribution in [0.3, 0.4) is 0 Å². The van der Waals surface area contributed by atoms with Crippen LogP contribution < -0.4 is 10.5 Å². The molecular weight excluding hydrogens is 244 g/mol. The lowest BCUT2D eigenvalue weighted by molar-refractivity contribution is 0.415. The average Bonchev–Trinajstić information content (AvgIpc) is 2.74. The highest BCUT2D eigenvalue weighted by Crippen LogP contribution is 2.38. The van der Waals surface area contributed by atoms with Crippen LogP contribution in [0.4, 0.5) is 5.00 Å². The van der Waals surface area contributed by atoms with E-state index in [-0.39, 0.29) is 0 Å². The van der Waals surface area contributed by atoms with Crippen molar-refractivity contribution in [2.45, 2.75) is 13.3 Å². The summed E-state index contributed by atoms with van der Waals surface area (Å²) >= 11 is 1.49. The van der Waals surface area contributed by atoms with Crippen molar-refractivity contribution in [3.05, 3.63) is 34.7 Å². The predicted octanol–water partition coefficient (Wildman–Crippen LogP) is 3.44. The summed E-state index contributed by atoms with van der Waals surface area (Å²) in [5, 5.41) is 9.82. The number of hydrogen-bond acceptors (Lipinski definition) is 4. The second-order valence-corrected chi connectivity index (χ2v) is 4.97. The van der Waals surface area contributed by atoms with Crippen LogP contribution in [0.25, 0.3) is 11.1 Å². The first-order valence-corrected chi connectivity index (χ1v) is 6.48. The van der Waals surface area contributed by atoms with Gasteiger partial charge in [0.05, 0.1) is 12.7 Å². The molecule has 3 nitrogen and oxygen atoms in total. The van der Waals surface area contributed by atoms with Gasteiger partial charge in [-0.1, -0.05) is 19.1 Å². The van der Waals surface area contributed by atoms with E-state index in [9.17, 15) is 5.26 Å². The Morgan fingerprint density at radius 2 is 2.00 bits per heavy atom. The van der Waals surface area contributed by atoms with Crippen molar-refractivity contribution in [2.24, 2.45) is 0 Å². The van der Waals surface area contributed by atoms with Gasteiger partial charge in [-0.05, 0) is 24.1 Å². The van der Waals surface area contributed by atoms with Crippen molar-refractivity contribution in [1.29, 1.82) is 5.26 Å². The fourth-order valence-corrected chi connectivity index (χ4v) is 2.90. The molecule has 0 aliphatic rings. The van der Waals surface area contributed by atoms with Gasteiger partial charge in [0, 0.05) is 10.4 Å². The van der Waals surface area contributed by atoms with E-state index in [1.54, 1.807) is 7.11 Å². The van der Waals surface area contributed by atoms with Gasteiger partial charge in [-0.15, -0.1) is 11.3 Å². The van der Waals surface area contributed by atoms with E-state index in [1.807, 2.05) is 24.3 Å². The van der Waals surface area contributed by atoms with Crippen molar-refractivity contribution in [3.63, 3.8) is 0 Å². The monoisotopic (exact) mass is 258 g/mol. The normalized spacial score (nSPS) is 10.1. The van der Waals surface area contributed by atoms with E-state index in [4.69, 9.17) is 10.5 Å². The Bertz CT molecular complexity index is 593. The summed E-state index contributed by atoms with van der Waals surface area (Å²) in [6.45, 7) is 2.07. The summed E-state index contributed by atoms with van der Waals surface area (Å²) in [6, 6.07) is 9.90. The molecule has 0 atom stereocenters. The Balaban J connectivity index is 2.58. The summed E-state index contributed by atoms with van der Waals surface area (Å²) in [6.07, 6.45) is 0.873. The van der Waals surface area contributed by atoms with E-state index >= 15 is 0 Å². The molecule has 0 aliphatic heterocycles. The highest BCUT2D eigenvalue weighted by Gasteiger charge is 2.16. The number of nitrogen functional groups attached to an aromatic ring is 1. The van der Waals surface area contributed by atoms with Crippen LogP contribution in [-0.4, -0.2) is 7.11 Å². The Kier molecular flexibility index (Phi) is 3.54. The van der Waals surface area contributed by atoms with Crippen LogP contribution in [-0.2, 0) is 6.42 Å². The van der Waals surface area contributed by atoms with Gasteiger partial charge >= 0.3 is 0 Å². The summed E-state index contributed by atoms with van der Waals surface area (Å²) < 4.78 is 5.14. The number of ether oxygens (including phenoxy) is 1. The quantitative estimate of drug-likeness (QED) is 0.917. The van der Waals surface area contributed by atoms with Crippen LogP contribution in [0.1, 0.15) is 17.4 Å². The van der Waals surface area contributed by atoms with Gasteiger partial charge in [0.25, 0.3) is 0 Å². The molecule has 2 aromatic rings. The minimum absolute atomic E-state index is 0.585. The molecule has 2 N–H and O–H groups in total. The van der Waals surface area contributed by atoms with Crippen LogP contribution in [0.2, 0.25) is 0 Å². The van der Waals surface area contributed by atoms with Gasteiger partial charge in [0.1, 0.15) is 16.8 Å². The van der Waals surface area contributed by atoms with Crippen LogP contribution in [0.15, 0.2) is 24.3 Å². The average molecular weight is 258 g/mol. The predicted molar refractivity (Wildman–Crippen MR) is 74.8 cm³/mol. The largest absolute Gasteiger partial charge is 0.497 e. The van der Waals surface area contributed by atoms with Gasteiger partial charge < -0.3 is 10.5 Å². The molecule has 1 aromatic heterocycles. The SMILES string of the molecule is CCc1sc(N)c(C#N)c1-c1ccc(OC)cc1. The molecule has 0 amide bonds. The number of nitrogens with zero attached hydrogens (tertiary/aromatic N) is 1. The molecule has 0 spiro atoms. The third-order valence-corrected chi connectivity index (χ3v) is 3.98. The summed E-state index contributed by atoms with van der Waals surface area (Å²) in [5.74, 6) is 0.804. The maximum Gasteiger partial charge on any atom is 0.118 e. The van der Waals surface area contributed by atoms with Crippen LogP contribution >= 0.6 is 11.3 Å². The first-order valence-electron chi connectivity index (χ1n) is 5.66. The molecule has 0 saturated carbocycles. The Morgan fingerprint density at radius 3 is 2.50 bits per heavy atom. The number of anilines is 1. The summed E-state index contributed by atoms with van der Waals surface area (Å²) in [4.78, 5) is 1.15. The zero-order valence-electron chi connectivity index (χ0n) is 10.4. The molecule has 1 heterocycles. The number of methoxy groups -OCH3 is 1. The maximum absolute atomic E-state index is 9.22. The van der Waals surface area contributed by atoms with Crippen molar-refractivity contribution in [1.82, 2.24) is 0 Å². The molecule has 0 fully saturated rings. The van der Waals surface area contributed by atoms with Crippen molar-refractivity contribution in [2.75, 3.05) is 12.8 Å². The number of nitriles is 1. The molecule has 0 unspecified atom stereocenters. The molecular formula is C14H14N2OS. The molecule has 0 saturated heterocycles. The maximum atomic E-state index is 9.22. The molecule has 18 heavy (non-hydrogen) atoms. The van der Waals surface area contributed by atoms with E-state index in [0.717, 1.165) is 28.2 Å². The van der Waals surface area contributed by atoms with E-state index in [2.05, 4.69) is 13.0 Å². The molecule has 0 bridgehead atoms. The van der Waals surface area contributed by atoms with Crippen molar-refractivity contribution >= 4 is 16.3 Å². The molecule has 0 radical (unpaired) electrons. The summed E-state index contributed by atoms with van der Waals surface area (Å²) in [7, 11) is 1.63. The number of aryl methyl sites for hydroxylation is 1. The summed E-state index contributed by atoms with van der Waals surface area (Å²) in [5.41, 5.74) is 8.45. The smallest absolute Gasteiger partial charge is 0.118 e. The van der Waals surface area contributed by atoms with Crippen molar-refractivity contribution in [3.8, 4) is 22.9 Å². The molecule has 92 valence electrons. The van der Waals surface area contributed by atoms with E-state index in [1.165, 1.54) is 11.3 Å². The van der Waals surface area contributed by atoms with E-state index < -0.39 is 0 Å². The standard InChI is InChI=1S/C14H14N2OS/c1-3-12-13(11(8-15)14(16)18-12)9-4-6-10(17-2)7-5-9/h4-7H,3,16H2,1-2H3. The number of thiophene rings is 1. The second kappa shape index (κ2) is 5.11. The fourth-order valence-electron chi connectivity index (χ4n) is 1.92. The van der Waals surface area contributed by atoms with Gasteiger partial charge in [-0.3, -0.25) is 0 Å². The topological polar surface area (TPSA) is 59.0 Å². The zero-order valence-corrected chi connectivity index (χ0v) is 11.2.